The molecular formula is C5H8BrN3. The van der Waals surface area contributed by atoms with Crippen LogP contribution in [-0.4, -0.2) is 6.54 Å². The summed E-state index contributed by atoms with van der Waals surface area (Å²) in [7, 11) is 0. The van der Waals surface area contributed by atoms with Crippen LogP contribution in [0.2, 0.25) is 0 Å². The van der Waals surface area contributed by atoms with Crippen molar-refractivity contribution in [2.24, 2.45) is 11.5 Å². The number of hydrogen-bond acceptors (Lipinski definition) is 3. The van der Waals surface area contributed by atoms with E-state index in [2.05, 4.69) is 21.2 Å². The molecule has 9 heavy (non-hydrogen) atoms. The second-order valence-electron chi connectivity index (χ2n) is 1.77. The zero-order valence-electron chi connectivity index (χ0n) is 4.82. The summed E-state index contributed by atoms with van der Waals surface area (Å²) in [5, 5.41) is 2.92. The monoisotopic (exact) mass is 189 g/mol. The summed E-state index contributed by atoms with van der Waals surface area (Å²) >= 11 is 3.22. The fraction of sp³-hybridized carbons (Fsp3) is 0.200. The predicted octanol–water partition coefficient (Wildman–Crippen LogP) is -0.0451. The molecule has 1 aliphatic rings. The second kappa shape index (κ2) is 2.31. The fourth-order valence-corrected chi connectivity index (χ4v) is 0.896. The summed E-state index contributed by atoms with van der Waals surface area (Å²) in [6, 6.07) is 0. The Labute approximate surface area is 61.9 Å². The number of hydrogen-bond donors (Lipinski definition) is 3. The average molecular weight is 190 g/mol. The maximum atomic E-state index is 5.51. The third-order valence-electron chi connectivity index (χ3n) is 1.10. The Balaban J connectivity index is 2.88. The van der Waals surface area contributed by atoms with Gasteiger partial charge in [-0.25, -0.2) is 0 Å². The molecule has 0 spiro atoms. The maximum Gasteiger partial charge on any atom is 0.113 e. The van der Waals surface area contributed by atoms with Gasteiger partial charge in [0.15, 0.2) is 0 Å². The molecule has 1 aliphatic heterocycles. The Hall–Kier alpha value is -0.640. The van der Waals surface area contributed by atoms with Crippen molar-refractivity contribution in [2.75, 3.05) is 6.54 Å². The van der Waals surface area contributed by atoms with Crippen LogP contribution in [-0.2, 0) is 0 Å². The molecule has 0 unspecified atom stereocenters. The third kappa shape index (κ3) is 1.18. The molecule has 1 heterocycles. The minimum absolute atomic E-state index is 0.606. The van der Waals surface area contributed by atoms with Gasteiger partial charge in [0.25, 0.3) is 0 Å². The van der Waals surface area contributed by atoms with Crippen LogP contribution in [0.3, 0.4) is 0 Å². The van der Waals surface area contributed by atoms with Gasteiger partial charge in [-0.05, 0) is 22.0 Å². The molecule has 0 aromatic heterocycles. The van der Waals surface area contributed by atoms with Crippen LogP contribution in [0.15, 0.2) is 22.1 Å². The van der Waals surface area contributed by atoms with E-state index in [0.29, 0.717) is 18.1 Å². The summed E-state index contributed by atoms with van der Waals surface area (Å²) in [6.07, 6.45) is 1.86. The lowest BCUT2D eigenvalue weighted by atomic mass is 10.3. The Morgan fingerprint density at radius 2 is 2.22 bits per heavy atom. The van der Waals surface area contributed by atoms with E-state index in [-0.39, 0.29) is 0 Å². The molecule has 4 heteroatoms. The number of nitrogens with one attached hydrogen (secondary N) is 1. The van der Waals surface area contributed by atoms with Crippen molar-refractivity contribution in [3.63, 3.8) is 0 Å². The summed E-state index contributed by atoms with van der Waals surface area (Å²) in [5.41, 5.74) is 11.7. The molecule has 0 aliphatic carbocycles. The molecule has 0 aromatic rings. The zero-order chi connectivity index (χ0) is 6.85. The van der Waals surface area contributed by atoms with Gasteiger partial charge in [0.2, 0.25) is 0 Å². The van der Waals surface area contributed by atoms with Crippen LogP contribution < -0.4 is 16.8 Å². The van der Waals surface area contributed by atoms with Gasteiger partial charge in [-0.3, -0.25) is 0 Å². The largest absolute Gasteiger partial charge is 0.398 e. The SMILES string of the molecule is NC1=CCNC(N)=C1Br. The highest BCUT2D eigenvalue weighted by atomic mass is 79.9. The van der Waals surface area contributed by atoms with E-state index in [9.17, 15) is 0 Å². The fourth-order valence-electron chi connectivity index (χ4n) is 0.594. The Morgan fingerprint density at radius 1 is 1.56 bits per heavy atom. The first-order valence-electron chi connectivity index (χ1n) is 2.57. The van der Waals surface area contributed by atoms with E-state index in [1.807, 2.05) is 6.08 Å². The third-order valence-corrected chi connectivity index (χ3v) is 1.99. The molecule has 0 fully saturated rings. The molecule has 3 nitrogen and oxygen atoms in total. The summed E-state index contributed by atoms with van der Waals surface area (Å²) in [4.78, 5) is 0. The van der Waals surface area contributed by atoms with Gasteiger partial charge < -0.3 is 16.8 Å². The van der Waals surface area contributed by atoms with Crippen LogP contribution in [0, 0.1) is 0 Å². The van der Waals surface area contributed by atoms with Crippen molar-refractivity contribution < 1.29 is 0 Å². The molecule has 5 N–H and O–H groups in total. The van der Waals surface area contributed by atoms with Gasteiger partial charge in [0.1, 0.15) is 5.82 Å². The van der Waals surface area contributed by atoms with Gasteiger partial charge in [-0.1, -0.05) is 0 Å². The standard InChI is InChI=1S/C5H8BrN3/c6-4-3(7)1-2-9-5(4)8/h1,9H,2,7-8H2. The van der Waals surface area contributed by atoms with Crippen LogP contribution in [0.5, 0.6) is 0 Å². The van der Waals surface area contributed by atoms with Gasteiger partial charge in [0, 0.05) is 12.2 Å². The normalized spacial score (nSPS) is 19.0. The molecule has 1 rings (SSSR count). The number of nitrogens with two attached hydrogens (primary N) is 2. The van der Waals surface area contributed by atoms with Crippen LogP contribution in [0.4, 0.5) is 0 Å². The Bertz CT molecular complexity index is 183. The van der Waals surface area contributed by atoms with Gasteiger partial charge in [0.05, 0.1) is 4.48 Å². The molecule has 0 bridgehead atoms. The van der Waals surface area contributed by atoms with Gasteiger partial charge >= 0.3 is 0 Å². The summed E-state index contributed by atoms with van der Waals surface area (Å²) in [5.74, 6) is 0.606. The molecule has 0 saturated heterocycles. The Kier molecular flexibility index (Phi) is 1.66. The number of halogens is 1. The molecule has 0 saturated carbocycles. The van der Waals surface area contributed by atoms with Crippen molar-refractivity contribution >= 4 is 15.9 Å². The quantitative estimate of drug-likeness (QED) is 0.502. The van der Waals surface area contributed by atoms with Crippen LogP contribution >= 0.6 is 15.9 Å². The van der Waals surface area contributed by atoms with Gasteiger partial charge in [-0.2, -0.15) is 0 Å². The minimum atomic E-state index is 0.606. The summed E-state index contributed by atoms with van der Waals surface area (Å²) in [6.45, 7) is 0.715. The lowest BCUT2D eigenvalue weighted by Gasteiger charge is -2.12. The van der Waals surface area contributed by atoms with E-state index in [1.54, 1.807) is 0 Å². The molecule has 0 aromatic carbocycles. The highest BCUT2D eigenvalue weighted by Gasteiger charge is 2.05. The summed E-state index contributed by atoms with van der Waals surface area (Å²) < 4.78 is 0.758. The van der Waals surface area contributed by atoms with Crippen LogP contribution in [0.25, 0.3) is 0 Å². The minimum Gasteiger partial charge on any atom is -0.398 e. The lowest BCUT2D eigenvalue weighted by molar-refractivity contribution is 0.857. The first-order chi connectivity index (χ1) is 4.22. The zero-order valence-corrected chi connectivity index (χ0v) is 6.40. The molecule has 0 amide bonds. The Morgan fingerprint density at radius 3 is 2.67 bits per heavy atom. The van der Waals surface area contributed by atoms with Crippen molar-refractivity contribution in [3.05, 3.63) is 22.1 Å². The van der Waals surface area contributed by atoms with E-state index in [4.69, 9.17) is 11.5 Å². The van der Waals surface area contributed by atoms with Gasteiger partial charge in [-0.15, -0.1) is 0 Å². The highest BCUT2D eigenvalue weighted by Crippen LogP contribution is 2.15. The molecule has 50 valence electrons. The van der Waals surface area contributed by atoms with Crippen molar-refractivity contribution in [3.8, 4) is 0 Å². The predicted molar refractivity (Wildman–Crippen MR) is 40.4 cm³/mol. The topological polar surface area (TPSA) is 64.1 Å². The smallest absolute Gasteiger partial charge is 0.113 e. The molecule has 0 radical (unpaired) electrons. The molecule has 0 atom stereocenters. The second-order valence-corrected chi connectivity index (χ2v) is 2.56. The first kappa shape index (κ1) is 6.48. The van der Waals surface area contributed by atoms with E-state index < -0.39 is 0 Å². The highest BCUT2D eigenvalue weighted by molar-refractivity contribution is 9.12. The van der Waals surface area contributed by atoms with E-state index in [1.165, 1.54) is 0 Å². The molecular weight excluding hydrogens is 182 g/mol. The lowest BCUT2D eigenvalue weighted by Crippen LogP contribution is -2.26. The number of dihydropyridines is 1. The average Bonchev–Trinajstić information content (AvgIpc) is 1.83. The number of allylic oxidation sites excluding steroid dienone is 1. The van der Waals surface area contributed by atoms with Crippen molar-refractivity contribution in [1.82, 2.24) is 5.32 Å². The van der Waals surface area contributed by atoms with Crippen molar-refractivity contribution in [1.29, 1.82) is 0 Å². The number of rotatable bonds is 0. The first-order valence-corrected chi connectivity index (χ1v) is 3.36. The van der Waals surface area contributed by atoms with E-state index >= 15 is 0 Å². The van der Waals surface area contributed by atoms with Crippen LogP contribution in [0.1, 0.15) is 0 Å². The van der Waals surface area contributed by atoms with Crippen molar-refractivity contribution in [2.45, 2.75) is 0 Å². The maximum absolute atomic E-state index is 5.51. The van der Waals surface area contributed by atoms with E-state index in [0.717, 1.165) is 4.48 Å².